The van der Waals surface area contributed by atoms with E-state index in [4.69, 9.17) is 11.6 Å². The van der Waals surface area contributed by atoms with Crippen LogP contribution in [-0.2, 0) is 4.79 Å². The fourth-order valence-electron chi connectivity index (χ4n) is 2.71. The summed E-state index contributed by atoms with van der Waals surface area (Å²) < 4.78 is 0. The Morgan fingerprint density at radius 2 is 1.96 bits per heavy atom. The zero-order chi connectivity index (χ0) is 16.2. The highest BCUT2D eigenvalue weighted by molar-refractivity contribution is 7.99. The Hall–Kier alpha value is -1.45. The second kappa shape index (κ2) is 7.41. The minimum absolute atomic E-state index is 0.0827. The molecule has 1 fully saturated rings. The second-order valence-corrected chi connectivity index (χ2v) is 7.50. The van der Waals surface area contributed by atoms with Gasteiger partial charge in [0.1, 0.15) is 0 Å². The normalized spacial score (nSPS) is 19.4. The molecule has 2 atom stereocenters. The monoisotopic (exact) mass is 345 g/mol. The highest BCUT2D eigenvalue weighted by atomic mass is 35.5. The minimum Gasteiger partial charge on any atom is -0.355 e. The summed E-state index contributed by atoms with van der Waals surface area (Å²) in [6, 6.07) is 16.3. The fourth-order valence-corrected chi connectivity index (χ4v) is 3.76. The van der Waals surface area contributed by atoms with E-state index in [1.54, 1.807) is 11.8 Å². The first-order chi connectivity index (χ1) is 11.1. The smallest absolute Gasteiger partial charge is 0.223 e. The predicted molar refractivity (Wildman–Crippen MR) is 97.2 cm³/mol. The van der Waals surface area contributed by atoms with E-state index in [1.165, 1.54) is 10.5 Å². The summed E-state index contributed by atoms with van der Waals surface area (Å²) in [7, 11) is 0. The largest absolute Gasteiger partial charge is 0.355 e. The number of aryl methyl sites for hydroxylation is 1. The van der Waals surface area contributed by atoms with Crippen molar-refractivity contribution >= 4 is 29.3 Å². The summed E-state index contributed by atoms with van der Waals surface area (Å²) in [6.45, 7) is 2.78. The number of amides is 1. The lowest BCUT2D eigenvalue weighted by atomic mass is 10.1. The third kappa shape index (κ3) is 4.30. The van der Waals surface area contributed by atoms with Gasteiger partial charge in [-0.1, -0.05) is 47.5 Å². The average Bonchev–Trinajstić information content (AvgIpc) is 3.34. The Morgan fingerprint density at radius 3 is 2.70 bits per heavy atom. The van der Waals surface area contributed by atoms with Gasteiger partial charge in [0.15, 0.2) is 0 Å². The van der Waals surface area contributed by atoms with Gasteiger partial charge < -0.3 is 5.32 Å². The van der Waals surface area contributed by atoms with E-state index in [2.05, 4.69) is 36.5 Å². The van der Waals surface area contributed by atoms with E-state index >= 15 is 0 Å². The molecule has 0 spiro atoms. The summed E-state index contributed by atoms with van der Waals surface area (Å²) in [5.74, 6) is 1.41. The zero-order valence-corrected chi connectivity index (χ0v) is 14.7. The topological polar surface area (TPSA) is 29.1 Å². The van der Waals surface area contributed by atoms with Gasteiger partial charge in [0.05, 0.1) is 0 Å². The first-order valence-corrected chi connectivity index (χ1v) is 9.23. The van der Waals surface area contributed by atoms with Gasteiger partial charge in [-0.3, -0.25) is 4.79 Å². The molecular weight excluding hydrogens is 326 g/mol. The van der Waals surface area contributed by atoms with Crippen LogP contribution < -0.4 is 5.32 Å². The molecule has 120 valence electrons. The summed E-state index contributed by atoms with van der Waals surface area (Å²) in [5.41, 5.74) is 2.37. The van der Waals surface area contributed by atoms with E-state index in [0.29, 0.717) is 6.54 Å². The lowest BCUT2D eigenvalue weighted by Gasteiger charge is -2.06. The third-order valence-electron chi connectivity index (χ3n) is 4.12. The summed E-state index contributed by atoms with van der Waals surface area (Å²) in [5, 5.41) is 3.81. The number of carbonyl (C=O) groups is 1. The Labute approximate surface area is 146 Å². The Kier molecular flexibility index (Phi) is 5.29. The Bertz CT molecular complexity index is 686. The molecule has 1 saturated carbocycles. The van der Waals surface area contributed by atoms with Gasteiger partial charge in [0.25, 0.3) is 0 Å². The van der Waals surface area contributed by atoms with Crippen LogP contribution in [0.1, 0.15) is 23.5 Å². The molecule has 1 aliphatic rings. The van der Waals surface area contributed by atoms with Gasteiger partial charge >= 0.3 is 0 Å². The minimum atomic E-state index is 0.0827. The van der Waals surface area contributed by atoms with Gasteiger partial charge in [0, 0.05) is 28.1 Å². The zero-order valence-electron chi connectivity index (χ0n) is 13.1. The fraction of sp³-hybridized carbons (Fsp3) is 0.316. The highest BCUT2D eigenvalue weighted by Gasteiger charge is 2.44. The number of carbonyl (C=O) groups excluding carboxylic acids is 1. The standard InChI is InChI=1S/C19H20ClNOS/c1-13-6-8-14(9-7-13)23-11-10-21-19(22)17-12-16(17)15-4-2-3-5-18(15)20/h2-9,16-17H,10-12H2,1H3,(H,21,22). The molecule has 0 saturated heterocycles. The SMILES string of the molecule is Cc1ccc(SCCNC(=O)C2CC2c2ccccc2Cl)cc1. The van der Waals surface area contributed by atoms with Crippen molar-refractivity contribution in [1.82, 2.24) is 5.32 Å². The Morgan fingerprint density at radius 1 is 1.22 bits per heavy atom. The van der Waals surface area contributed by atoms with Gasteiger partial charge in [-0.05, 0) is 43.0 Å². The van der Waals surface area contributed by atoms with Gasteiger partial charge in [-0.25, -0.2) is 0 Å². The quantitative estimate of drug-likeness (QED) is 0.609. The van der Waals surface area contributed by atoms with Crippen molar-refractivity contribution < 1.29 is 4.79 Å². The average molecular weight is 346 g/mol. The van der Waals surface area contributed by atoms with Crippen molar-refractivity contribution in [1.29, 1.82) is 0 Å². The summed E-state index contributed by atoms with van der Waals surface area (Å²) in [4.78, 5) is 13.4. The van der Waals surface area contributed by atoms with E-state index in [0.717, 1.165) is 22.8 Å². The van der Waals surface area contributed by atoms with E-state index in [-0.39, 0.29) is 17.7 Å². The molecule has 0 radical (unpaired) electrons. The molecule has 1 N–H and O–H groups in total. The summed E-state index contributed by atoms with van der Waals surface area (Å²) >= 11 is 7.97. The van der Waals surface area contributed by atoms with Crippen molar-refractivity contribution in [2.75, 3.05) is 12.3 Å². The number of benzene rings is 2. The molecule has 2 unspecified atom stereocenters. The van der Waals surface area contributed by atoms with Crippen LogP contribution in [0, 0.1) is 12.8 Å². The second-order valence-electron chi connectivity index (χ2n) is 5.92. The van der Waals surface area contributed by atoms with Crippen LogP contribution in [0.15, 0.2) is 53.4 Å². The lowest BCUT2D eigenvalue weighted by molar-refractivity contribution is -0.122. The highest BCUT2D eigenvalue weighted by Crippen LogP contribution is 2.49. The van der Waals surface area contributed by atoms with Crippen LogP contribution in [0.4, 0.5) is 0 Å². The number of rotatable bonds is 6. The van der Waals surface area contributed by atoms with Crippen LogP contribution in [0.2, 0.25) is 5.02 Å². The molecule has 4 heteroatoms. The molecule has 0 heterocycles. The molecule has 0 bridgehead atoms. The van der Waals surface area contributed by atoms with Crippen molar-refractivity contribution in [2.45, 2.75) is 24.2 Å². The number of thioether (sulfide) groups is 1. The first-order valence-electron chi connectivity index (χ1n) is 7.87. The number of hydrogen-bond acceptors (Lipinski definition) is 2. The molecule has 23 heavy (non-hydrogen) atoms. The van der Waals surface area contributed by atoms with Crippen molar-refractivity contribution in [2.24, 2.45) is 5.92 Å². The van der Waals surface area contributed by atoms with Gasteiger partial charge in [-0.15, -0.1) is 11.8 Å². The van der Waals surface area contributed by atoms with Crippen LogP contribution in [0.5, 0.6) is 0 Å². The Balaban J connectivity index is 1.41. The number of hydrogen-bond donors (Lipinski definition) is 1. The number of nitrogens with one attached hydrogen (secondary N) is 1. The lowest BCUT2D eigenvalue weighted by Crippen LogP contribution is -2.27. The molecule has 1 aliphatic carbocycles. The van der Waals surface area contributed by atoms with Crippen molar-refractivity contribution in [3.05, 3.63) is 64.7 Å². The number of halogens is 1. The molecule has 3 rings (SSSR count). The molecule has 0 aliphatic heterocycles. The van der Waals surface area contributed by atoms with Gasteiger partial charge in [-0.2, -0.15) is 0 Å². The van der Waals surface area contributed by atoms with E-state index < -0.39 is 0 Å². The van der Waals surface area contributed by atoms with Crippen LogP contribution >= 0.6 is 23.4 Å². The molecule has 0 aromatic heterocycles. The molecule has 2 nitrogen and oxygen atoms in total. The summed E-state index contributed by atoms with van der Waals surface area (Å²) in [6.07, 6.45) is 0.903. The first kappa shape index (κ1) is 16.4. The van der Waals surface area contributed by atoms with E-state index in [9.17, 15) is 4.79 Å². The van der Waals surface area contributed by atoms with Crippen molar-refractivity contribution in [3.63, 3.8) is 0 Å². The molecule has 2 aromatic rings. The van der Waals surface area contributed by atoms with Crippen LogP contribution in [0.25, 0.3) is 0 Å². The molecule has 2 aromatic carbocycles. The predicted octanol–water partition coefficient (Wildman–Crippen LogP) is 4.66. The maximum absolute atomic E-state index is 12.2. The van der Waals surface area contributed by atoms with Crippen LogP contribution in [0.3, 0.4) is 0 Å². The van der Waals surface area contributed by atoms with Crippen molar-refractivity contribution in [3.8, 4) is 0 Å². The third-order valence-corrected chi connectivity index (χ3v) is 5.48. The van der Waals surface area contributed by atoms with Gasteiger partial charge in [0.2, 0.25) is 5.91 Å². The molecule has 1 amide bonds. The van der Waals surface area contributed by atoms with E-state index in [1.807, 2.05) is 24.3 Å². The maximum Gasteiger partial charge on any atom is 0.223 e. The van der Waals surface area contributed by atoms with Crippen LogP contribution in [-0.4, -0.2) is 18.2 Å². The maximum atomic E-state index is 12.2. The molecular formula is C19H20ClNOS.